The Morgan fingerprint density at radius 1 is 1.38 bits per heavy atom. The van der Waals surface area contributed by atoms with Crippen LogP contribution in [0.3, 0.4) is 0 Å². The summed E-state index contributed by atoms with van der Waals surface area (Å²) < 4.78 is 73.5. The second-order valence-corrected chi connectivity index (χ2v) is 4.85. The van der Waals surface area contributed by atoms with E-state index in [1.54, 1.807) is 0 Å². The number of hydrogen-bond acceptors (Lipinski definition) is 5. The van der Waals surface area contributed by atoms with Crippen molar-refractivity contribution in [3.8, 4) is 0 Å². The highest BCUT2D eigenvalue weighted by Crippen LogP contribution is 2.55. The summed E-state index contributed by atoms with van der Waals surface area (Å²) in [5.74, 6) is -11.0. The van der Waals surface area contributed by atoms with E-state index in [0.29, 0.717) is 6.92 Å². The molecule has 1 aliphatic rings. The van der Waals surface area contributed by atoms with Crippen LogP contribution in [0.1, 0.15) is 13.8 Å². The van der Waals surface area contributed by atoms with Crippen LogP contribution in [0.5, 0.6) is 0 Å². The van der Waals surface area contributed by atoms with Crippen molar-refractivity contribution in [3.05, 3.63) is 12.2 Å². The van der Waals surface area contributed by atoms with Crippen molar-refractivity contribution in [1.29, 1.82) is 0 Å². The Morgan fingerprint density at radius 2 is 1.86 bits per heavy atom. The van der Waals surface area contributed by atoms with Gasteiger partial charge < -0.3 is 19.7 Å². The third-order valence-electron chi connectivity index (χ3n) is 3.10. The van der Waals surface area contributed by atoms with Gasteiger partial charge in [0.1, 0.15) is 12.7 Å². The summed E-state index contributed by atoms with van der Waals surface area (Å²) in [5, 5.41) is 18.7. The van der Waals surface area contributed by atoms with Gasteiger partial charge in [0.15, 0.2) is 5.60 Å². The first-order chi connectivity index (χ1) is 9.18. The third-order valence-corrected chi connectivity index (χ3v) is 3.10. The highest BCUT2D eigenvalue weighted by molar-refractivity contribution is 5.86. The molecule has 0 aromatic carbocycles. The molecule has 0 radical (unpaired) electrons. The molecule has 0 bridgehead atoms. The average Bonchev–Trinajstić information content (AvgIpc) is 2.43. The highest BCUT2D eigenvalue weighted by Gasteiger charge is 2.83. The maximum absolute atomic E-state index is 13.7. The monoisotopic (exact) mass is 320 g/mol. The van der Waals surface area contributed by atoms with Gasteiger partial charge in [-0.15, -0.1) is 0 Å². The Balaban J connectivity index is 3.05. The summed E-state index contributed by atoms with van der Waals surface area (Å²) >= 11 is 0. The second-order valence-electron chi connectivity index (χ2n) is 4.85. The van der Waals surface area contributed by atoms with Crippen molar-refractivity contribution in [3.63, 3.8) is 0 Å². The van der Waals surface area contributed by atoms with Crippen LogP contribution in [0.4, 0.5) is 22.0 Å². The minimum Gasteiger partial charge on any atom is -0.459 e. The van der Waals surface area contributed by atoms with Gasteiger partial charge >= 0.3 is 23.9 Å². The predicted molar refractivity (Wildman–Crippen MR) is 57.2 cm³/mol. The lowest BCUT2D eigenvalue weighted by Gasteiger charge is -2.33. The molecule has 0 amide bonds. The first-order valence-electron chi connectivity index (χ1n) is 5.58. The minimum atomic E-state index is -5.87. The van der Waals surface area contributed by atoms with Crippen LogP contribution >= 0.6 is 0 Å². The lowest BCUT2D eigenvalue weighted by atomic mass is 9.90. The van der Waals surface area contributed by atoms with Gasteiger partial charge in [-0.05, 0) is 13.8 Å². The first kappa shape index (κ1) is 17.8. The summed E-state index contributed by atoms with van der Waals surface area (Å²) in [6, 6.07) is 0. The normalized spacial score (nSPS) is 35.6. The third kappa shape index (κ3) is 2.51. The quantitative estimate of drug-likeness (QED) is 0.463. The molecule has 3 atom stereocenters. The number of rotatable bonds is 3. The number of hydrogen-bond donors (Lipinski definition) is 2. The number of carbonyl (C=O) groups is 1. The van der Waals surface area contributed by atoms with E-state index >= 15 is 0 Å². The smallest absolute Gasteiger partial charge is 0.449 e. The molecule has 5 nitrogen and oxygen atoms in total. The number of halogens is 5. The van der Waals surface area contributed by atoms with Crippen LogP contribution in [0.15, 0.2) is 12.2 Å². The van der Waals surface area contributed by atoms with Crippen molar-refractivity contribution in [2.45, 2.75) is 43.4 Å². The molecule has 10 heteroatoms. The topological polar surface area (TPSA) is 76.0 Å². The van der Waals surface area contributed by atoms with E-state index in [1.165, 1.54) is 6.92 Å². The minimum absolute atomic E-state index is 0.134. The molecule has 1 aliphatic heterocycles. The lowest BCUT2D eigenvalue weighted by molar-refractivity contribution is -0.412. The number of esters is 1. The zero-order valence-electron chi connectivity index (χ0n) is 11.0. The van der Waals surface area contributed by atoms with Crippen LogP contribution < -0.4 is 0 Å². The van der Waals surface area contributed by atoms with Crippen LogP contribution in [0.2, 0.25) is 0 Å². The largest absolute Gasteiger partial charge is 0.459 e. The zero-order chi connectivity index (χ0) is 16.9. The fourth-order valence-corrected chi connectivity index (χ4v) is 1.66. The molecule has 3 unspecified atom stereocenters. The summed E-state index contributed by atoms with van der Waals surface area (Å²) in [4.78, 5) is 11.1. The van der Waals surface area contributed by atoms with Crippen LogP contribution in [-0.4, -0.2) is 52.4 Å². The predicted octanol–water partition coefficient (Wildman–Crippen LogP) is 1.14. The van der Waals surface area contributed by atoms with Crippen molar-refractivity contribution in [1.82, 2.24) is 0 Å². The van der Waals surface area contributed by atoms with Gasteiger partial charge in [0.05, 0.1) is 0 Å². The van der Waals surface area contributed by atoms with Crippen molar-refractivity contribution in [2.24, 2.45) is 0 Å². The SMILES string of the molecule is C=C(C)C(=O)OCC1OC(O)(C(F)(F)F)C(F)(F)C1(C)O. The van der Waals surface area contributed by atoms with E-state index < -0.39 is 42.2 Å². The van der Waals surface area contributed by atoms with E-state index in [1.807, 2.05) is 0 Å². The zero-order valence-corrected chi connectivity index (χ0v) is 11.0. The second kappa shape index (κ2) is 4.89. The Hall–Kier alpha value is -1.26. The molecule has 1 rings (SSSR count). The molecule has 21 heavy (non-hydrogen) atoms. The van der Waals surface area contributed by atoms with Gasteiger partial charge in [-0.25, -0.2) is 4.79 Å². The van der Waals surface area contributed by atoms with Crippen molar-refractivity contribution < 1.29 is 46.4 Å². The molecular formula is C11H13F5O5. The van der Waals surface area contributed by atoms with Crippen LogP contribution in [0.25, 0.3) is 0 Å². The molecule has 0 saturated carbocycles. The molecule has 1 saturated heterocycles. The Labute approximate surface area is 115 Å². The standard InChI is InChI=1S/C11H13F5O5/c1-5(2)7(17)20-4-6-8(3,18)9(12,13)10(19,21-6)11(14,15)16/h6,18-19H,1,4H2,2-3H3. The van der Waals surface area contributed by atoms with Gasteiger partial charge in [-0.3, -0.25) is 0 Å². The molecule has 0 aromatic heterocycles. The Bertz CT molecular complexity index is 458. The molecule has 2 N–H and O–H groups in total. The first-order valence-corrected chi connectivity index (χ1v) is 5.58. The summed E-state index contributed by atoms with van der Waals surface area (Å²) in [6.45, 7) is 3.62. The Kier molecular flexibility index (Phi) is 4.14. The number of alkyl halides is 5. The summed E-state index contributed by atoms with van der Waals surface area (Å²) in [6.07, 6.45) is -8.16. The summed E-state index contributed by atoms with van der Waals surface area (Å²) in [5.41, 5.74) is -3.54. The fraction of sp³-hybridized carbons (Fsp3) is 0.727. The maximum atomic E-state index is 13.7. The van der Waals surface area contributed by atoms with Crippen molar-refractivity contribution in [2.75, 3.05) is 6.61 Å². The van der Waals surface area contributed by atoms with Gasteiger partial charge in [0.25, 0.3) is 0 Å². The van der Waals surface area contributed by atoms with Crippen LogP contribution in [-0.2, 0) is 14.3 Å². The maximum Gasteiger partial charge on any atom is 0.449 e. The fourth-order valence-electron chi connectivity index (χ4n) is 1.66. The molecule has 1 heterocycles. The summed E-state index contributed by atoms with van der Waals surface area (Å²) in [7, 11) is 0. The van der Waals surface area contributed by atoms with Crippen LogP contribution in [0, 0.1) is 0 Å². The van der Waals surface area contributed by atoms with E-state index in [0.717, 1.165) is 0 Å². The molecular weight excluding hydrogens is 307 g/mol. The lowest BCUT2D eigenvalue weighted by Crippen LogP contribution is -2.62. The molecule has 1 fully saturated rings. The molecule has 0 aliphatic carbocycles. The highest BCUT2D eigenvalue weighted by atomic mass is 19.4. The molecule has 0 aromatic rings. The number of aliphatic hydroxyl groups is 2. The Morgan fingerprint density at radius 3 is 2.19 bits per heavy atom. The van der Waals surface area contributed by atoms with E-state index in [2.05, 4.69) is 16.1 Å². The number of carbonyl (C=O) groups excluding carboxylic acids is 1. The van der Waals surface area contributed by atoms with E-state index in [-0.39, 0.29) is 5.57 Å². The van der Waals surface area contributed by atoms with Gasteiger partial charge in [0.2, 0.25) is 0 Å². The molecule has 122 valence electrons. The van der Waals surface area contributed by atoms with Gasteiger partial charge in [0, 0.05) is 5.57 Å². The number of ether oxygens (including phenoxy) is 2. The van der Waals surface area contributed by atoms with Crippen molar-refractivity contribution >= 4 is 5.97 Å². The van der Waals surface area contributed by atoms with E-state index in [4.69, 9.17) is 5.11 Å². The molecule has 0 spiro atoms. The van der Waals surface area contributed by atoms with Gasteiger partial charge in [-0.1, -0.05) is 6.58 Å². The van der Waals surface area contributed by atoms with Gasteiger partial charge in [-0.2, -0.15) is 22.0 Å². The van der Waals surface area contributed by atoms with E-state index in [9.17, 15) is 31.9 Å². The average molecular weight is 320 g/mol.